The van der Waals surface area contributed by atoms with E-state index in [-0.39, 0.29) is 25.0 Å². The Morgan fingerprint density at radius 3 is 2.64 bits per heavy atom. The maximum atomic E-state index is 11.8. The van der Waals surface area contributed by atoms with Crippen molar-refractivity contribution in [2.24, 2.45) is 0 Å². The Hall–Kier alpha value is -2.24. The van der Waals surface area contributed by atoms with Gasteiger partial charge in [-0.1, -0.05) is 6.07 Å². The molecule has 0 unspecified atom stereocenters. The Morgan fingerprint density at radius 2 is 1.95 bits per heavy atom. The molecule has 1 aliphatic heterocycles. The number of methoxy groups -OCH3 is 1. The number of carbonyl (C=O) groups is 2. The topological polar surface area (TPSA) is 67.9 Å². The lowest BCUT2D eigenvalue weighted by atomic mass is 10.2. The van der Waals surface area contributed by atoms with Gasteiger partial charge in [0.1, 0.15) is 0 Å². The number of ether oxygens (including phenoxy) is 2. The number of hydrogen-bond donors (Lipinski definition) is 1. The fourth-order valence-corrected chi connectivity index (χ4v) is 2.34. The van der Waals surface area contributed by atoms with Gasteiger partial charge >= 0.3 is 0 Å². The van der Waals surface area contributed by atoms with Crippen LogP contribution in [0.4, 0.5) is 0 Å². The van der Waals surface area contributed by atoms with E-state index >= 15 is 0 Å². The van der Waals surface area contributed by atoms with E-state index < -0.39 is 0 Å². The normalized spacial score (nSPS) is 13.8. The van der Waals surface area contributed by atoms with Gasteiger partial charge in [0.25, 0.3) is 5.91 Å². The number of hydrogen-bond acceptors (Lipinski definition) is 4. The van der Waals surface area contributed by atoms with Crippen LogP contribution in [0, 0.1) is 6.92 Å². The van der Waals surface area contributed by atoms with Crippen LogP contribution in [0.3, 0.4) is 0 Å². The van der Waals surface area contributed by atoms with Crippen molar-refractivity contribution in [1.29, 1.82) is 0 Å². The van der Waals surface area contributed by atoms with Crippen LogP contribution in [0.15, 0.2) is 18.2 Å². The van der Waals surface area contributed by atoms with Crippen LogP contribution in [0.2, 0.25) is 0 Å². The summed E-state index contributed by atoms with van der Waals surface area (Å²) in [5, 5.41) is 2.58. The minimum Gasteiger partial charge on any atom is -0.493 e. The van der Waals surface area contributed by atoms with Crippen molar-refractivity contribution < 1.29 is 19.1 Å². The highest BCUT2D eigenvalue weighted by molar-refractivity contribution is 5.85. The third-order valence-electron chi connectivity index (χ3n) is 3.57. The van der Waals surface area contributed by atoms with Crippen LogP contribution < -0.4 is 14.8 Å². The molecule has 1 fully saturated rings. The van der Waals surface area contributed by atoms with Gasteiger partial charge in [0.2, 0.25) is 5.91 Å². The lowest BCUT2D eigenvalue weighted by Crippen LogP contribution is -2.40. The Kier molecular flexibility index (Phi) is 5.63. The molecule has 0 saturated carbocycles. The molecular formula is C16H22N2O4. The first-order chi connectivity index (χ1) is 10.6. The second-order valence-electron chi connectivity index (χ2n) is 5.31. The zero-order valence-corrected chi connectivity index (χ0v) is 13.1. The van der Waals surface area contributed by atoms with Crippen LogP contribution >= 0.6 is 0 Å². The van der Waals surface area contributed by atoms with Crippen molar-refractivity contribution in [3.8, 4) is 11.5 Å². The SMILES string of the molecule is COc1cc(C)ccc1OCC(=O)NCC(=O)N1CCCC1. The number of likely N-dealkylation sites (tertiary alicyclic amines) is 1. The summed E-state index contributed by atoms with van der Waals surface area (Å²) >= 11 is 0. The third-order valence-corrected chi connectivity index (χ3v) is 3.57. The molecule has 1 N–H and O–H groups in total. The zero-order valence-electron chi connectivity index (χ0n) is 13.1. The summed E-state index contributed by atoms with van der Waals surface area (Å²) in [6.45, 7) is 3.39. The predicted molar refractivity (Wildman–Crippen MR) is 82.0 cm³/mol. The summed E-state index contributed by atoms with van der Waals surface area (Å²) in [4.78, 5) is 25.3. The summed E-state index contributed by atoms with van der Waals surface area (Å²) in [5.41, 5.74) is 1.05. The Balaban J connectivity index is 1.76. The number of amides is 2. The van der Waals surface area contributed by atoms with Gasteiger partial charge in [-0.15, -0.1) is 0 Å². The van der Waals surface area contributed by atoms with Crippen LogP contribution in [0.5, 0.6) is 11.5 Å². The molecule has 2 rings (SSSR count). The van der Waals surface area contributed by atoms with Crippen LogP contribution in [-0.2, 0) is 9.59 Å². The van der Waals surface area contributed by atoms with E-state index in [1.807, 2.05) is 19.1 Å². The summed E-state index contributed by atoms with van der Waals surface area (Å²) in [5.74, 6) is 0.726. The van der Waals surface area contributed by atoms with Gasteiger partial charge in [-0.25, -0.2) is 0 Å². The summed E-state index contributed by atoms with van der Waals surface area (Å²) in [6.07, 6.45) is 2.08. The molecule has 1 aliphatic rings. The first kappa shape index (κ1) is 16.1. The maximum absolute atomic E-state index is 11.8. The fourth-order valence-electron chi connectivity index (χ4n) is 2.34. The number of benzene rings is 1. The highest BCUT2D eigenvalue weighted by Crippen LogP contribution is 2.27. The first-order valence-corrected chi connectivity index (χ1v) is 7.42. The summed E-state index contributed by atoms with van der Waals surface area (Å²) < 4.78 is 10.6. The molecule has 1 saturated heterocycles. The van der Waals surface area contributed by atoms with Crippen LogP contribution in [-0.4, -0.2) is 50.1 Å². The second-order valence-corrected chi connectivity index (χ2v) is 5.31. The first-order valence-electron chi connectivity index (χ1n) is 7.42. The van der Waals surface area contributed by atoms with Gasteiger partial charge in [-0.05, 0) is 37.5 Å². The van der Waals surface area contributed by atoms with E-state index in [0.29, 0.717) is 11.5 Å². The van der Waals surface area contributed by atoms with Crippen molar-refractivity contribution in [3.05, 3.63) is 23.8 Å². The number of nitrogens with one attached hydrogen (secondary N) is 1. The Labute approximate surface area is 130 Å². The standard InChI is InChI=1S/C16H22N2O4/c1-12-5-6-13(14(9-12)21-2)22-11-15(19)17-10-16(20)18-7-3-4-8-18/h5-6,9H,3-4,7-8,10-11H2,1-2H3,(H,17,19). The lowest BCUT2D eigenvalue weighted by Gasteiger charge is -2.15. The Bertz CT molecular complexity index is 539. The molecule has 0 bridgehead atoms. The minimum absolute atomic E-state index is 0.0211. The number of nitrogens with zero attached hydrogens (tertiary/aromatic N) is 1. The molecule has 0 spiro atoms. The molecular weight excluding hydrogens is 284 g/mol. The molecule has 1 aromatic rings. The largest absolute Gasteiger partial charge is 0.493 e. The van der Waals surface area contributed by atoms with Gasteiger partial charge in [0, 0.05) is 13.1 Å². The number of aryl methyl sites for hydroxylation is 1. The number of carbonyl (C=O) groups excluding carboxylic acids is 2. The van der Waals surface area contributed by atoms with E-state index in [1.165, 1.54) is 0 Å². The van der Waals surface area contributed by atoms with Crippen molar-refractivity contribution in [1.82, 2.24) is 10.2 Å². The number of rotatable bonds is 6. The van der Waals surface area contributed by atoms with Crippen molar-refractivity contribution in [2.45, 2.75) is 19.8 Å². The quantitative estimate of drug-likeness (QED) is 0.855. The smallest absolute Gasteiger partial charge is 0.258 e. The highest BCUT2D eigenvalue weighted by Gasteiger charge is 2.18. The molecule has 0 aromatic heterocycles. The molecule has 120 valence electrons. The molecule has 1 aromatic carbocycles. The van der Waals surface area contributed by atoms with Crippen LogP contribution in [0.25, 0.3) is 0 Å². The molecule has 22 heavy (non-hydrogen) atoms. The molecule has 2 amide bonds. The molecule has 0 radical (unpaired) electrons. The van der Waals surface area contributed by atoms with E-state index in [0.717, 1.165) is 31.5 Å². The zero-order chi connectivity index (χ0) is 15.9. The van der Waals surface area contributed by atoms with Crippen molar-refractivity contribution in [2.75, 3.05) is 33.4 Å². The maximum Gasteiger partial charge on any atom is 0.258 e. The van der Waals surface area contributed by atoms with Crippen molar-refractivity contribution >= 4 is 11.8 Å². The summed E-state index contributed by atoms with van der Waals surface area (Å²) in [7, 11) is 1.55. The van der Waals surface area contributed by atoms with Gasteiger partial charge in [0.05, 0.1) is 13.7 Å². The molecule has 0 atom stereocenters. The molecule has 6 nitrogen and oxygen atoms in total. The average molecular weight is 306 g/mol. The third kappa shape index (κ3) is 4.38. The van der Waals surface area contributed by atoms with Gasteiger partial charge in [-0.2, -0.15) is 0 Å². The Morgan fingerprint density at radius 1 is 1.23 bits per heavy atom. The summed E-state index contributed by atoms with van der Waals surface area (Å²) in [6, 6.07) is 5.48. The second kappa shape index (κ2) is 7.68. The highest BCUT2D eigenvalue weighted by atomic mass is 16.5. The predicted octanol–water partition coefficient (Wildman–Crippen LogP) is 1.12. The van der Waals surface area contributed by atoms with E-state index in [1.54, 1.807) is 18.1 Å². The van der Waals surface area contributed by atoms with Crippen LogP contribution in [0.1, 0.15) is 18.4 Å². The van der Waals surface area contributed by atoms with Gasteiger partial charge in [-0.3, -0.25) is 9.59 Å². The monoisotopic (exact) mass is 306 g/mol. The lowest BCUT2D eigenvalue weighted by molar-refractivity contribution is -0.132. The van der Waals surface area contributed by atoms with E-state index in [9.17, 15) is 9.59 Å². The molecule has 6 heteroatoms. The minimum atomic E-state index is -0.324. The van der Waals surface area contributed by atoms with Gasteiger partial charge in [0.15, 0.2) is 18.1 Å². The van der Waals surface area contributed by atoms with Gasteiger partial charge < -0.3 is 19.7 Å². The van der Waals surface area contributed by atoms with E-state index in [2.05, 4.69) is 5.32 Å². The van der Waals surface area contributed by atoms with Crippen molar-refractivity contribution in [3.63, 3.8) is 0 Å². The molecule has 0 aliphatic carbocycles. The average Bonchev–Trinajstić information content (AvgIpc) is 3.05. The van der Waals surface area contributed by atoms with E-state index in [4.69, 9.17) is 9.47 Å². The molecule has 1 heterocycles. The fraction of sp³-hybridized carbons (Fsp3) is 0.500.